The lowest BCUT2D eigenvalue weighted by Gasteiger charge is -1.91. The van der Waals surface area contributed by atoms with Crippen molar-refractivity contribution in [2.24, 2.45) is 0 Å². The van der Waals surface area contributed by atoms with Crippen molar-refractivity contribution in [3.63, 3.8) is 0 Å². The standard InChI is InChI=1S/C12H14O/c1-11(10-13)6-5-9-12-7-3-2-4-8-12/h2-9,13H,10H2,1H3/b9-5+,11-6+. The van der Waals surface area contributed by atoms with Crippen molar-refractivity contribution in [1.82, 2.24) is 0 Å². The zero-order chi connectivity index (χ0) is 9.52. The van der Waals surface area contributed by atoms with Gasteiger partial charge < -0.3 is 5.11 Å². The number of benzene rings is 1. The van der Waals surface area contributed by atoms with E-state index < -0.39 is 0 Å². The molecule has 0 amide bonds. The van der Waals surface area contributed by atoms with Crippen LogP contribution in [0.1, 0.15) is 12.5 Å². The lowest BCUT2D eigenvalue weighted by molar-refractivity contribution is 0.331. The number of rotatable bonds is 3. The van der Waals surface area contributed by atoms with Gasteiger partial charge in [-0.25, -0.2) is 0 Å². The van der Waals surface area contributed by atoms with Crippen molar-refractivity contribution in [3.8, 4) is 0 Å². The van der Waals surface area contributed by atoms with E-state index in [4.69, 9.17) is 5.11 Å². The van der Waals surface area contributed by atoms with Crippen LogP contribution in [0.5, 0.6) is 0 Å². The van der Waals surface area contributed by atoms with Crippen LogP contribution < -0.4 is 0 Å². The van der Waals surface area contributed by atoms with Gasteiger partial charge in [0.25, 0.3) is 0 Å². The molecule has 0 aliphatic carbocycles. The average Bonchev–Trinajstić information content (AvgIpc) is 2.19. The van der Waals surface area contributed by atoms with E-state index in [2.05, 4.69) is 0 Å². The second-order valence-electron chi connectivity index (χ2n) is 2.94. The first-order valence-electron chi connectivity index (χ1n) is 4.32. The fraction of sp³-hybridized carbons (Fsp3) is 0.167. The molecule has 0 aliphatic rings. The highest BCUT2D eigenvalue weighted by Gasteiger charge is 1.82. The van der Waals surface area contributed by atoms with Gasteiger partial charge in [0.05, 0.1) is 6.61 Å². The SMILES string of the molecule is C/C(=C\C=C\c1ccccc1)CO. The average molecular weight is 174 g/mol. The Bertz CT molecular complexity index is 296. The van der Waals surface area contributed by atoms with Gasteiger partial charge in [-0.1, -0.05) is 48.6 Å². The summed E-state index contributed by atoms with van der Waals surface area (Å²) in [6.07, 6.45) is 5.87. The summed E-state index contributed by atoms with van der Waals surface area (Å²) in [5.74, 6) is 0. The van der Waals surface area contributed by atoms with Crippen molar-refractivity contribution in [1.29, 1.82) is 0 Å². The van der Waals surface area contributed by atoms with Gasteiger partial charge in [0.15, 0.2) is 0 Å². The van der Waals surface area contributed by atoms with Crippen LogP contribution in [0.2, 0.25) is 0 Å². The summed E-state index contributed by atoms with van der Waals surface area (Å²) in [7, 11) is 0. The first-order chi connectivity index (χ1) is 6.33. The molecule has 0 fully saturated rings. The highest BCUT2D eigenvalue weighted by molar-refractivity contribution is 5.50. The molecular weight excluding hydrogens is 160 g/mol. The zero-order valence-corrected chi connectivity index (χ0v) is 7.77. The van der Waals surface area contributed by atoms with Crippen LogP contribution in [0.15, 0.2) is 48.1 Å². The normalized spacial score (nSPS) is 12.3. The molecule has 0 aliphatic heterocycles. The molecule has 0 saturated carbocycles. The molecule has 0 atom stereocenters. The minimum absolute atomic E-state index is 0.124. The lowest BCUT2D eigenvalue weighted by atomic mass is 10.2. The summed E-state index contributed by atoms with van der Waals surface area (Å²) < 4.78 is 0. The van der Waals surface area contributed by atoms with Crippen LogP contribution in [0.25, 0.3) is 6.08 Å². The van der Waals surface area contributed by atoms with Crippen LogP contribution in [0.3, 0.4) is 0 Å². The summed E-state index contributed by atoms with van der Waals surface area (Å²) >= 11 is 0. The van der Waals surface area contributed by atoms with Crippen molar-refractivity contribution in [2.45, 2.75) is 6.92 Å². The number of allylic oxidation sites excluding steroid dienone is 2. The van der Waals surface area contributed by atoms with Crippen LogP contribution in [0.4, 0.5) is 0 Å². The first-order valence-corrected chi connectivity index (χ1v) is 4.32. The van der Waals surface area contributed by atoms with Crippen LogP contribution >= 0.6 is 0 Å². The first kappa shape index (κ1) is 9.75. The van der Waals surface area contributed by atoms with Crippen LogP contribution in [0, 0.1) is 0 Å². The minimum atomic E-state index is 0.124. The van der Waals surface area contributed by atoms with Gasteiger partial charge in [0, 0.05) is 0 Å². The van der Waals surface area contributed by atoms with Crippen molar-refractivity contribution < 1.29 is 5.11 Å². The largest absolute Gasteiger partial charge is 0.392 e. The van der Waals surface area contributed by atoms with Crippen LogP contribution in [-0.4, -0.2) is 11.7 Å². The summed E-state index contributed by atoms with van der Waals surface area (Å²) in [5.41, 5.74) is 2.14. The van der Waals surface area contributed by atoms with Gasteiger partial charge in [-0.2, -0.15) is 0 Å². The summed E-state index contributed by atoms with van der Waals surface area (Å²) in [4.78, 5) is 0. The van der Waals surface area contributed by atoms with Gasteiger partial charge >= 0.3 is 0 Å². The number of hydrogen-bond acceptors (Lipinski definition) is 1. The van der Waals surface area contributed by atoms with Gasteiger partial charge in [-0.15, -0.1) is 0 Å². The molecule has 1 aromatic rings. The highest BCUT2D eigenvalue weighted by atomic mass is 16.3. The molecule has 0 heterocycles. The Balaban J connectivity index is 2.60. The Morgan fingerprint density at radius 3 is 2.62 bits per heavy atom. The molecule has 1 aromatic carbocycles. The quantitative estimate of drug-likeness (QED) is 0.698. The topological polar surface area (TPSA) is 20.2 Å². The number of hydrogen-bond donors (Lipinski definition) is 1. The predicted octanol–water partition coefficient (Wildman–Crippen LogP) is 2.64. The Hall–Kier alpha value is -1.34. The number of aliphatic hydroxyl groups excluding tert-OH is 1. The summed E-state index contributed by atoms with van der Waals surface area (Å²) in [6.45, 7) is 2.02. The molecule has 1 nitrogen and oxygen atoms in total. The second-order valence-corrected chi connectivity index (χ2v) is 2.94. The third kappa shape index (κ3) is 3.72. The molecule has 1 rings (SSSR count). The maximum atomic E-state index is 8.73. The molecule has 1 heteroatoms. The molecule has 0 bridgehead atoms. The van der Waals surface area contributed by atoms with E-state index in [1.54, 1.807) is 0 Å². The Labute approximate surface area is 79.0 Å². The van der Waals surface area contributed by atoms with E-state index in [9.17, 15) is 0 Å². The van der Waals surface area contributed by atoms with E-state index in [-0.39, 0.29) is 6.61 Å². The molecule has 68 valence electrons. The molecular formula is C12H14O. The predicted molar refractivity (Wildman–Crippen MR) is 56.3 cm³/mol. The van der Waals surface area contributed by atoms with Gasteiger partial charge in [0.2, 0.25) is 0 Å². The maximum absolute atomic E-state index is 8.73. The fourth-order valence-corrected chi connectivity index (χ4v) is 0.940. The maximum Gasteiger partial charge on any atom is 0.0642 e. The zero-order valence-electron chi connectivity index (χ0n) is 7.77. The van der Waals surface area contributed by atoms with E-state index in [0.717, 1.165) is 5.57 Å². The van der Waals surface area contributed by atoms with E-state index in [1.807, 2.05) is 55.5 Å². The third-order valence-electron chi connectivity index (χ3n) is 1.72. The lowest BCUT2D eigenvalue weighted by Crippen LogP contribution is -1.80. The second kappa shape index (κ2) is 5.33. The van der Waals surface area contributed by atoms with Crippen molar-refractivity contribution in [2.75, 3.05) is 6.61 Å². The van der Waals surface area contributed by atoms with Gasteiger partial charge in [-0.05, 0) is 18.1 Å². The molecule has 1 N–H and O–H groups in total. The monoisotopic (exact) mass is 174 g/mol. The minimum Gasteiger partial charge on any atom is -0.392 e. The van der Waals surface area contributed by atoms with Crippen molar-refractivity contribution >= 4 is 6.08 Å². The smallest absolute Gasteiger partial charge is 0.0642 e. The molecule has 0 saturated heterocycles. The van der Waals surface area contributed by atoms with Crippen molar-refractivity contribution in [3.05, 3.63) is 53.6 Å². The van der Waals surface area contributed by atoms with Crippen LogP contribution in [-0.2, 0) is 0 Å². The van der Waals surface area contributed by atoms with E-state index >= 15 is 0 Å². The van der Waals surface area contributed by atoms with E-state index in [0.29, 0.717) is 0 Å². The molecule has 0 unspecified atom stereocenters. The summed E-state index contributed by atoms with van der Waals surface area (Å²) in [5, 5.41) is 8.73. The fourth-order valence-electron chi connectivity index (χ4n) is 0.940. The summed E-state index contributed by atoms with van der Waals surface area (Å²) in [6, 6.07) is 10.1. The Kier molecular flexibility index (Phi) is 4.00. The number of aliphatic hydroxyl groups is 1. The Morgan fingerprint density at radius 2 is 2.00 bits per heavy atom. The Morgan fingerprint density at radius 1 is 1.31 bits per heavy atom. The third-order valence-corrected chi connectivity index (χ3v) is 1.72. The molecule has 0 radical (unpaired) electrons. The molecule has 0 spiro atoms. The van der Waals surface area contributed by atoms with E-state index in [1.165, 1.54) is 5.56 Å². The van der Waals surface area contributed by atoms with Gasteiger partial charge in [-0.3, -0.25) is 0 Å². The molecule has 0 aromatic heterocycles. The highest BCUT2D eigenvalue weighted by Crippen LogP contribution is 2.01. The molecule has 13 heavy (non-hydrogen) atoms. The van der Waals surface area contributed by atoms with Gasteiger partial charge in [0.1, 0.15) is 0 Å².